The monoisotopic (exact) mass is 338 g/mol. The first kappa shape index (κ1) is 14.9. The average molecular weight is 338 g/mol. The molecule has 0 saturated carbocycles. The summed E-state index contributed by atoms with van der Waals surface area (Å²) in [5, 5.41) is 5.47. The van der Waals surface area contributed by atoms with Crippen LogP contribution >= 0.6 is 11.3 Å². The van der Waals surface area contributed by atoms with Crippen molar-refractivity contribution in [2.75, 3.05) is 6.26 Å². The van der Waals surface area contributed by atoms with Gasteiger partial charge in [0.05, 0.1) is 5.56 Å². The average Bonchev–Trinajstić information content (AvgIpc) is 3.08. The van der Waals surface area contributed by atoms with Crippen molar-refractivity contribution in [1.29, 1.82) is 0 Å². The molecule has 0 unspecified atom stereocenters. The highest BCUT2D eigenvalue weighted by atomic mass is 32.2. The topological polar surface area (TPSA) is 73.1 Å². The number of aryl methyl sites for hydroxylation is 1. The second kappa shape index (κ2) is 5.29. The van der Waals surface area contributed by atoms with E-state index in [-0.39, 0.29) is 21.7 Å². The summed E-state index contributed by atoms with van der Waals surface area (Å²) in [6.45, 7) is 1.82. The van der Waals surface area contributed by atoms with Crippen molar-refractivity contribution < 1.29 is 17.3 Å². The molecule has 3 rings (SSSR count). The summed E-state index contributed by atoms with van der Waals surface area (Å²) in [5.41, 5.74) is 1.88. The number of nitrogens with zero attached hydrogens (tertiary/aromatic N) is 2. The fraction of sp³-hybridized carbons (Fsp3) is 0.143. The number of thiophene rings is 1. The molecule has 2 heterocycles. The van der Waals surface area contributed by atoms with Gasteiger partial charge in [-0.15, -0.1) is 11.3 Å². The van der Waals surface area contributed by atoms with Crippen LogP contribution in [0, 0.1) is 12.7 Å². The fourth-order valence-corrected chi connectivity index (χ4v) is 3.70. The van der Waals surface area contributed by atoms with Gasteiger partial charge >= 0.3 is 0 Å². The summed E-state index contributed by atoms with van der Waals surface area (Å²) in [6, 6.07) is 5.80. The third-order valence-corrected chi connectivity index (χ3v) is 5.82. The van der Waals surface area contributed by atoms with E-state index in [1.807, 2.05) is 6.92 Å². The van der Waals surface area contributed by atoms with E-state index >= 15 is 0 Å². The predicted molar refractivity (Wildman–Crippen MR) is 80.9 cm³/mol. The Hall–Kier alpha value is -2.06. The molecule has 5 nitrogen and oxygen atoms in total. The van der Waals surface area contributed by atoms with Gasteiger partial charge in [-0.05, 0) is 30.7 Å². The van der Waals surface area contributed by atoms with Crippen LogP contribution in [-0.2, 0) is 9.84 Å². The third kappa shape index (κ3) is 2.79. The molecule has 0 N–H and O–H groups in total. The van der Waals surface area contributed by atoms with E-state index in [0.29, 0.717) is 11.1 Å². The molecule has 0 radical (unpaired) electrons. The van der Waals surface area contributed by atoms with Crippen molar-refractivity contribution in [2.24, 2.45) is 0 Å². The SMILES string of the molecule is Cc1ccc(F)cc1-c1noc(-c2csc(S(C)(=O)=O)c2)n1. The summed E-state index contributed by atoms with van der Waals surface area (Å²) in [6.07, 6.45) is 1.14. The van der Waals surface area contributed by atoms with Crippen LogP contribution in [0.1, 0.15) is 5.56 Å². The lowest BCUT2D eigenvalue weighted by Crippen LogP contribution is -1.92. The van der Waals surface area contributed by atoms with Gasteiger partial charge in [-0.2, -0.15) is 4.98 Å². The van der Waals surface area contributed by atoms with Crippen LogP contribution in [0.25, 0.3) is 22.8 Å². The van der Waals surface area contributed by atoms with Gasteiger partial charge in [0.15, 0.2) is 9.84 Å². The molecule has 0 fully saturated rings. The number of aromatic nitrogens is 2. The zero-order chi connectivity index (χ0) is 15.9. The highest BCUT2D eigenvalue weighted by Gasteiger charge is 2.17. The minimum absolute atomic E-state index is 0.199. The summed E-state index contributed by atoms with van der Waals surface area (Å²) in [4.78, 5) is 4.22. The Morgan fingerprint density at radius 3 is 2.73 bits per heavy atom. The molecule has 0 saturated heterocycles. The maximum Gasteiger partial charge on any atom is 0.259 e. The number of hydrogen-bond acceptors (Lipinski definition) is 6. The molecule has 0 atom stereocenters. The molecule has 1 aromatic carbocycles. The van der Waals surface area contributed by atoms with Crippen molar-refractivity contribution in [3.8, 4) is 22.8 Å². The maximum atomic E-state index is 13.3. The fourth-order valence-electron chi connectivity index (χ4n) is 1.91. The van der Waals surface area contributed by atoms with Gasteiger partial charge in [-0.1, -0.05) is 11.2 Å². The van der Waals surface area contributed by atoms with Crippen LogP contribution in [0.15, 0.2) is 38.4 Å². The van der Waals surface area contributed by atoms with Crippen molar-refractivity contribution in [1.82, 2.24) is 10.1 Å². The number of halogens is 1. The Bertz CT molecular complexity index is 945. The number of hydrogen-bond donors (Lipinski definition) is 0. The van der Waals surface area contributed by atoms with Gasteiger partial charge < -0.3 is 4.52 Å². The van der Waals surface area contributed by atoms with E-state index in [4.69, 9.17) is 4.52 Å². The zero-order valence-corrected chi connectivity index (χ0v) is 13.3. The number of rotatable bonds is 3. The molecule has 3 aromatic rings. The van der Waals surface area contributed by atoms with E-state index < -0.39 is 9.84 Å². The Morgan fingerprint density at radius 1 is 1.27 bits per heavy atom. The second-order valence-corrected chi connectivity index (χ2v) is 7.96. The first-order chi connectivity index (χ1) is 10.3. The van der Waals surface area contributed by atoms with Crippen LogP contribution in [0.4, 0.5) is 4.39 Å². The molecule has 0 bridgehead atoms. The minimum atomic E-state index is -3.27. The standard InChI is InChI=1S/C14H11FN2O3S2/c1-8-3-4-10(15)6-11(8)13-16-14(20-17-13)9-5-12(21-7-9)22(2,18)19/h3-7H,1-2H3. The highest BCUT2D eigenvalue weighted by Crippen LogP contribution is 2.29. The molecule has 0 amide bonds. The number of sulfone groups is 1. The van der Waals surface area contributed by atoms with E-state index in [1.54, 1.807) is 11.4 Å². The lowest BCUT2D eigenvalue weighted by atomic mass is 10.1. The molecule has 2 aromatic heterocycles. The van der Waals surface area contributed by atoms with Gasteiger partial charge in [0.1, 0.15) is 10.0 Å². The van der Waals surface area contributed by atoms with Gasteiger partial charge in [0.25, 0.3) is 5.89 Å². The van der Waals surface area contributed by atoms with Crippen LogP contribution in [0.3, 0.4) is 0 Å². The van der Waals surface area contributed by atoms with Crippen molar-refractivity contribution >= 4 is 21.2 Å². The zero-order valence-electron chi connectivity index (χ0n) is 11.7. The summed E-state index contributed by atoms with van der Waals surface area (Å²) < 4.78 is 41.7. The Morgan fingerprint density at radius 2 is 2.05 bits per heavy atom. The normalized spacial score (nSPS) is 11.8. The van der Waals surface area contributed by atoms with Crippen LogP contribution in [-0.4, -0.2) is 24.8 Å². The largest absolute Gasteiger partial charge is 0.334 e. The molecule has 0 aliphatic rings. The Kier molecular flexibility index (Phi) is 3.57. The molecule has 22 heavy (non-hydrogen) atoms. The first-order valence-electron chi connectivity index (χ1n) is 6.24. The van der Waals surface area contributed by atoms with E-state index in [0.717, 1.165) is 23.2 Å². The van der Waals surface area contributed by atoms with Crippen LogP contribution in [0.2, 0.25) is 0 Å². The van der Waals surface area contributed by atoms with Crippen molar-refractivity contribution in [2.45, 2.75) is 11.1 Å². The summed E-state index contributed by atoms with van der Waals surface area (Å²) in [5.74, 6) is 0.0748. The first-order valence-corrected chi connectivity index (χ1v) is 9.01. The molecule has 0 spiro atoms. The summed E-state index contributed by atoms with van der Waals surface area (Å²) >= 11 is 1.09. The Balaban J connectivity index is 2.01. The summed E-state index contributed by atoms with van der Waals surface area (Å²) in [7, 11) is -3.27. The van der Waals surface area contributed by atoms with Crippen LogP contribution in [0.5, 0.6) is 0 Å². The van der Waals surface area contributed by atoms with Gasteiger partial charge in [0, 0.05) is 17.2 Å². The minimum Gasteiger partial charge on any atom is -0.334 e. The van der Waals surface area contributed by atoms with E-state index in [2.05, 4.69) is 10.1 Å². The molecular formula is C14H11FN2O3S2. The molecule has 0 aliphatic heterocycles. The van der Waals surface area contributed by atoms with E-state index in [1.165, 1.54) is 18.2 Å². The molecule has 114 valence electrons. The third-order valence-electron chi connectivity index (χ3n) is 3.05. The van der Waals surface area contributed by atoms with Gasteiger partial charge in [-0.3, -0.25) is 0 Å². The van der Waals surface area contributed by atoms with Crippen molar-refractivity contribution in [3.63, 3.8) is 0 Å². The second-order valence-electron chi connectivity index (χ2n) is 4.81. The lowest BCUT2D eigenvalue weighted by molar-refractivity contribution is 0.432. The molecule has 8 heteroatoms. The lowest BCUT2D eigenvalue weighted by Gasteiger charge is -1.99. The molecule has 0 aliphatic carbocycles. The predicted octanol–water partition coefficient (Wildman–Crippen LogP) is 3.32. The van der Waals surface area contributed by atoms with Crippen molar-refractivity contribution in [3.05, 3.63) is 41.0 Å². The van der Waals surface area contributed by atoms with Crippen LogP contribution < -0.4 is 0 Å². The number of benzene rings is 1. The van der Waals surface area contributed by atoms with Gasteiger partial charge in [0.2, 0.25) is 5.82 Å². The molecular weight excluding hydrogens is 327 g/mol. The van der Waals surface area contributed by atoms with Gasteiger partial charge in [-0.25, -0.2) is 12.8 Å². The van der Waals surface area contributed by atoms with E-state index in [9.17, 15) is 12.8 Å². The highest BCUT2D eigenvalue weighted by molar-refractivity contribution is 7.92. The quantitative estimate of drug-likeness (QED) is 0.732. The Labute approximate surface area is 130 Å². The smallest absolute Gasteiger partial charge is 0.259 e. The maximum absolute atomic E-state index is 13.3.